The Morgan fingerprint density at radius 3 is 2.62 bits per heavy atom. The van der Waals surface area contributed by atoms with Crippen LogP contribution in [0.4, 0.5) is 0 Å². The first-order chi connectivity index (χ1) is 3.86. The van der Waals surface area contributed by atoms with Gasteiger partial charge >= 0.3 is 0 Å². The molecule has 46 valence electrons. The Kier molecular flexibility index (Phi) is 2.57. The van der Waals surface area contributed by atoms with Crippen LogP contribution in [0.15, 0.2) is 11.6 Å². The minimum absolute atomic E-state index is 0.822. The summed E-state index contributed by atoms with van der Waals surface area (Å²) in [6.07, 6.45) is 3.61. The van der Waals surface area contributed by atoms with Crippen molar-refractivity contribution in [1.29, 1.82) is 0 Å². The van der Waals surface area contributed by atoms with Gasteiger partial charge in [-0.05, 0) is 12.3 Å². The van der Waals surface area contributed by atoms with Crippen molar-refractivity contribution in [2.24, 2.45) is 5.92 Å². The zero-order valence-electron chi connectivity index (χ0n) is 4.53. The molecule has 1 unspecified atom stereocenters. The maximum atomic E-state index is 3.42. The molecule has 2 heteroatoms. The van der Waals surface area contributed by atoms with Crippen LogP contribution in [0.3, 0.4) is 0 Å². The largest absolute Gasteiger partial charge is 0.0922 e. The Labute approximate surface area is 66.6 Å². The molecular weight excluding hydrogens is 232 g/mol. The molecule has 1 aliphatic carbocycles. The van der Waals surface area contributed by atoms with Crippen LogP contribution in [0.1, 0.15) is 6.42 Å². The highest BCUT2D eigenvalue weighted by atomic mass is 79.9. The summed E-state index contributed by atoms with van der Waals surface area (Å²) >= 11 is 6.82. The average Bonchev–Trinajstić information content (AvgIpc) is 1.65. The highest BCUT2D eigenvalue weighted by Gasteiger charge is 2.15. The van der Waals surface area contributed by atoms with Gasteiger partial charge in [-0.15, -0.1) is 0 Å². The van der Waals surface area contributed by atoms with Crippen molar-refractivity contribution < 1.29 is 0 Å². The molecule has 0 fully saturated rings. The van der Waals surface area contributed by atoms with E-state index < -0.39 is 0 Å². The number of hydrogen-bond donors (Lipinski definition) is 0. The third-order valence-electron chi connectivity index (χ3n) is 1.37. The van der Waals surface area contributed by atoms with Gasteiger partial charge in [0.05, 0.1) is 0 Å². The summed E-state index contributed by atoms with van der Waals surface area (Å²) in [6.45, 7) is 0. The SMILES string of the molecule is BrCC1=CC(CBr)C1. The van der Waals surface area contributed by atoms with Gasteiger partial charge in [0.2, 0.25) is 0 Å². The summed E-state index contributed by atoms with van der Waals surface area (Å²) in [5, 5.41) is 2.19. The van der Waals surface area contributed by atoms with Crippen LogP contribution in [0.25, 0.3) is 0 Å². The molecule has 0 radical (unpaired) electrons. The maximum absolute atomic E-state index is 3.42. The topological polar surface area (TPSA) is 0 Å². The molecule has 0 saturated carbocycles. The summed E-state index contributed by atoms with van der Waals surface area (Å²) in [5.41, 5.74) is 1.55. The Bertz CT molecular complexity index is 107. The van der Waals surface area contributed by atoms with E-state index in [1.54, 1.807) is 5.57 Å². The minimum atomic E-state index is 0.822. The van der Waals surface area contributed by atoms with Gasteiger partial charge in [0.15, 0.2) is 0 Å². The normalized spacial score (nSPS) is 26.8. The van der Waals surface area contributed by atoms with E-state index in [0.29, 0.717) is 0 Å². The smallest absolute Gasteiger partial charge is 0.0242 e. The lowest BCUT2D eigenvalue weighted by molar-refractivity contribution is 0.657. The van der Waals surface area contributed by atoms with E-state index in [1.165, 1.54) is 6.42 Å². The third-order valence-corrected chi connectivity index (χ3v) is 2.92. The first-order valence-electron chi connectivity index (χ1n) is 2.68. The summed E-state index contributed by atoms with van der Waals surface area (Å²) in [6, 6.07) is 0. The molecule has 0 aromatic heterocycles. The molecule has 0 aromatic rings. The molecule has 8 heavy (non-hydrogen) atoms. The van der Waals surface area contributed by atoms with Crippen molar-refractivity contribution in [2.45, 2.75) is 6.42 Å². The fourth-order valence-corrected chi connectivity index (χ4v) is 1.67. The van der Waals surface area contributed by atoms with Crippen molar-refractivity contribution in [3.05, 3.63) is 11.6 Å². The molecule has 0 amide bonds. The van der Waals surface area contributed by atoms with E-state index in [1.807, 2.05) is 0 Å². The maximum Gasteiger partial charge on any atom is 0.0242 e. The molecule has 0 heterocycles. The fourth-order valence-electron chi connectivity index (χ4n) is 0.835. The molecular formula is C6H8Br2. The molecule has 0 aliphatic heterocycles. The molecule has 0 N–H and O–H groups in total. The van der Waals surface area contributed by atoms with Gasteiger partial charge in [-0.3, -0.25) is 0 Å². The number of allylic oxidation sites excluding steroid dienone is 2. The highest BCUT2D eigenvalue weighted by molar-refractivity contribution is 9.09. The average molecular weight is 240 g/mol. The Morgan fingerprint density at radius 1 is 1.62 bits per heavy atom. The van der Waals surface area contributed by atoms with Crippen LogP contribution in [0.2, 0.25) is 0 Å². The molecule has 1 aliphatic rings. The van der Waals surface area contributed by atoms with Crippen LogP contribution in [0, 0.1) is 5.92 Å². The number of rotatable bonds is 2. The molecule has 0 nitrogen and oxygen atoms in total. The molecule has 0 bridgehead atoms. The lowest BCUT2D eigenvalue weighted by Gasteiger charge is -2.21. The van der Waals surface area contributed by atoms with E-state index >= 15 is 0 Å². The Morgan fingerprint density at radius 2 is 2.25 bits per heavy atom. The Balaban J connectivity index is 2.27. The van der Waals surface area contributed by atoms with Crippen molar-refractivity contribution in [3.63, 3.8) is 0 Å². The minimum Gasteiger partial charge on any atom is -0.0922 e. The molecule has 1 rings (SSSR count). The van der Waals surface area contributed by atoms with Crippen LogP contribution in [-0.2, 0) is 0 Å². The predicted molar refractivity (Wildman–Crippen MR) is 43.8 cm³/mol. The quantitative estimate of drug-likeness (QED) is 0.514. The predicted octanol–water partition coefficient (Wildman–Crippen LogP) is 2.72. The summed E-state index contributed by atoms with van der Waals surface area (Å²) in [7, 11) is 0. The van der Waals surface area contributed by atoms with Crippen LogP contribution in [0.5, 0.6) is 0 Å². The molecule has 0 spiro atoms. The van der Waals surface area contributed by atoms with Crippen LogP contribution >= 0.6 is 31.9 Å². The highest BCUT2D eigenvalue weighted by Crippen LogP contribution is 2.28. The van der Waals surface area contributed by atoms with E-state index in [0.717, 1.165) is 16.6 Å². The lowest BCUT2D eigenvalue weighted by atomic mass is 9.90. The first-order valence-corrected chi connectivity index (χ1v) is 4.92. The second-order valence-electron chi connectivity index (χ2n) is 2.08. The second-order valence-corrected chi connectivity index (χ2v) is 3.29. The van der Waals surface area contributed by atoms with Crippen molar-refractivity contribution >= 4 is 31.9 Å². The Hall–Kier alpha value is 0.700. The summed E-state index contributed by atoms with van der Waals surface area (Å²) < 4.78 is 0. The standard InChI is InChI=1S/C6H8Br2/c7-3-5-1-6(2-5)4-8/h1,5H,2-4H2. The number of alkyl halides is 2. The van der Waals surface area contributed by atoms with Gasteiger partial charge in [0.1, 0.15) is 0 Å². The van der Waals surface area contributed by atoms with Crippen LogP contribution < -0.4 is 0 Å². The van der Waals surface area contributed by atoms with Crippen molar-refractivity contribution in [3.8, 4) is 0 Å². The van der Waals surface area contributed by atoms with E-state index in [-0.39, 0.29) is 0 Å². The van der Waals surface area contributed by atoms with Gasteiger partial charge in [0, 0.05) is 10.7 Å². The van der Waals surface area contributed by atoms with Gasteiger partial charge in [0.25, 0.3) is 0 Å². The number of halogens is 2. The zero-order chi connectivity index (χ0) is 5.98. The van der Waals surface area contributed by atoms with Gasteiger partial charge in [-0.2, -0.15) is 0 Å². The molecule has 0 saturated heterocycles. The van der Waals surface area contributed by atoms with E-state index in [4.69, 9.17) is 0 Å². The number of hydrogen-bond acceptors (Lipinski definition) is 0. The van der Waals surface area contributed by atoms with Gasteiger partial charge in [-0.25, -0.2) is 0 Å². The summed E-state index contributed by atoms with van der Waals surface area (Å²) in [4.78, 5) is 0. The van der Waals surface area contributed by atoms with Crippen molar-refractivity contribution in [1.82, 2.24) is 0 Å². The monoisotopic (exact) mass is 238 g/mol. The first kappa shape index (κ1) is 6.81. The summed E-state index contributed by atoms with van der Waals surface area (Å²) in [5.74, 6) is 0.822. The van der Waals surface area contributed by atoms with Gasteiger partial charge in [-0.1, -0.05) is 43.5 Å². The van der Waals surface area contributed by atoms with Crippen LogP contribution in [-0.4, -0.2) is 10.7 Å². The van der Waals surface area contributed by atoms with Crippen molar-refractivity contribution in [2.75, 3.05) is 10.7 Å². The van der Waals surface area contributed by atoms with E-state index in [2.05, 4.69) is 37.9 Å². The van der Waals surface area contributed by atoms with Gasteiger partial charge < -0.3 is 0 Å². The fraction of sp³-hybridized carbons (Fsp3) is 0.667. The molecule has 0 aromatic carbocycles. The lowest BCUT2D eigenvalue weighted by Crippen LogP contribution is -2.11. The second kappa shape index (κ2) is 3.02. The zero-order valence-corrected chi connectivity index (χ0v) is 7.70. The van der Waals surface area contributed by atoms with E-state index in [9.17, 15) is 0 Å². The third kappa shape index (κ3) is 1.35. The molecule has 1 atom stereocenters.